The van der Waals surface area contributed by atoms with E-state index in [1.165, 1.54) is 0 Å². The van der Waals surface area contributed by atoms with E-state index >= 15 is 0 Å². The lowest BCUT2D eigenvalue weighted by Gasteiger charge is -2.30. The largest absolute Gasteiger partial charge is 0.388 e. The van der Waals surface area contributed by atoms with Crippen LogP contribution in [0.15, 0.2) is 24.3 Å². The highest BCUT2D eigenvalue weighted by molar-refractivity contribution is 6.31. The van der Waals surface area contributed by atoms with Crippen molar-refractivity contribution in [2.45, 2.75) is 31.5 Å². The summed E-state index contributed by atoms with van der Waals surface area (Å²) in [7, 11) is 0. The summed E-state index contributed by atoms with van der Waals surface area (Å²) in [5.74, 6) is 0. The number of ether oxygens (including phenoxy) is 1. The average molecular weight is 256 g/mol. The fraction of sp³-hybridized carbons (Fsp3) is 0.538. The van der Waals surface area contributed by atoms with Gasteiger partial charge in [0.1, 0.15) is 0 Å². The van der Waals surface area contributed by atoms with E-state index < -0.39 is 6.10 Å². The van der Waals surface area contributed by atoms with E-state index in [0.29, 0.717) is 24.1 Å². The van der Waals surface area contributed by atoms with Crippen LogP contribution in [0.4, 0.5) is 0 Å². The first kappa shape index (κ1) is 12.8. The molecule has 0 saturated carbocycles. The van der Waals surface area contributed by atoms with E-state index in [-0.39, 0.29) is 6.04 Å². The Morgan fingerprint density at radius 2 is 2.24 bits per heavy atom. The summed E-state index contributed by atoms with van der Waals surface area (Å²) >= 11 is 6.05. The maximum absolute atomic E-state index is 10.2. The van der Waals surface area contributed by atoms with Crippen LogP contribution < -0.4 is 5.32 Å². The highest BCUT2D eigenvalue weighted by Gasteiger charge is 2.22. The molecule has 1 heterocycles. The van der Waals surface area contributed by atoms with Crippen LogP contribution in [0.5, 0.6) is 0 Å². The molecule has 4 heteroatoms. The third kappa shape index (κ3) is 3.42. The zero-order valence-electron chi connectivity index (χ0n) is 9.90. The minimum atomic E-state index is -0.546. The molecule has 0 spiro atoms. The van der Waals surface area contributed by atoms with Gasteiger partial charge in [0, 0.05) is 17.1 Å². The molecule has 1 aliphatic rings. The molecule has 3 nitrogen and oxygen atoms in total. The van der Waals surface area contributed by atoms with Crippen molar-refractivity contribution >= 4 is 11.6 Å². The van der Waals surface area contributed by atoms with Crippen LogP contribution in [0.3, 0.4) is 0 Å². The Morgan fingerprint density at radius 3 is 2.94 bits per heavy atom. The minimum absolute atomic E-state index is 0.185. The fourth-order valence-corrected chi connectivity index (χ4v) is 2.43. The van der Waals surface area contributed by atoms with Gasteiger partial charge >= 0.3 is 0 Å². The molecule has 2 rings (SSSR count). The number of nitrogens with one attached hydrogen (secondary N) is 1. The lowest BCUT2D eigenvalue weighted by Crippen LogP contribution is -2.47. The van der Waals surface area contributed by atoms with E-state index in [9.17, 15) is 5.11 Å². The van der Waals surface area contributed by atoms with Crippen LogP contribution in [0, 0.1) is 0 Å². The Balaban J connectivity index is 1.97. The summed E-state index contributed by atoms with van der Waals surface area (Å²) in [5, 5.41) is 14.2. The smallest absolute Gasteiger partial charge is 0.0820 e. The van der Waals surface area contributed by atoms with Gasteiger partial charge in [-0.05, 0) is 25.0 Å². The fourth-order valence-electron chi connectivity index (χ4n) is 2.16. The summed E-state index contributed by atoms with van der Waals surface area (Å²) in [5.41, 5.74) is 0.786. The molecule has 0 aromatic heterocycles. The number of rotatable bonds is 3. The Kier molecular flexibility index (Phi) is 4.40. The monoisotopic (exact) mass is 255 g/mol. The van der Waals surface area contributed by atoms with Gasteiger partial charge in [0.15, 0.2) is 0 Å². The molecular formula is C13H18ClNO2. The Bertz CT molecular complexity index is 372. The predicted octanol–water partition coefficient (Wildman–Crippen LogP) is 2.14. The summed E-state index contributed by atoms with van der Waals surface area (Å²) in [4.78, 5) is 0. The normalized spacial score (nSPS) is 26.8. The second-order valence-corrected chi connectivity index (χ2v) is 4.98. The molecule has 17 heavy (non-hydrogen) atoms. The number of aliphatic hydroxyl groups is 1. The average Bonchev–Trinajstić information content (AvgIpc) is 2.29. The minimum Gasteiger partial charge on any atom is -0.388 e. The first-order chi connectivity index (χ1) is 8.16. The van der Waals surface area contributed by atoms with Crippen molar-refractivity contribution in [3.05, 3.63) is 34.9 Å². The molecule has 1 fully saturated rings. The van der Waals surface area contributed by atoms with Gasteiger partial charge in [-0.15, -0.1) is 0 Å². The Morgan fingerprint density at radius 1 is 1.47 bits per heavy atom. The third-order valence-corrected chi connectivity index (χ3v) is 3.32. The SMILES string of the molecule is CC1COCC(CC(O)c2ccccc2Cl)N1. The molecule has 0 amide bonds. The van der Waals surface area contributed by atoms with Gasteiger partial charge in [0.2, 0.25) is 0 Å². The van der Waals surface area contributed by atoms with Gasteiger partial charge in [0.05, 0.1) is 19.3 Å². The molecule has 0 radical (unpaired) electrons. The number of halogens is 1. The highest BCUT2D eigenvalue weighted by atomic mass is 35.5. The maximum atomic E-state index is 10.2. The van der Waals surface area contributed by atoms with Crippen LogP contribution in [-0.4, -0.2) is 30.4 Å². The van der Waals surface area contributed by atoms with Crippen LogP contribution >= 0.6 is 11.6 Å². The summed E-state index contributed by atoms with van der Waals surface area (Å²) in [6, 6.07) is 7.94. The van der Waals surface area contributed by atoms with Crippen molar-refractivity contribution in [3.63, 3.8) is 0 Å². The zero-order chi connectivity index (χ0) is 12.3. The molecule has 1 aliphatic heterocycles. The van der Waals surface area contributed by atoms with E-state index in [1.807, 2.05) is 18.2 Å². The van der Waals surface area contributed by atoms with Gasteiger partial charge in [-0.1, -0.05) is 29.8 Å². The Hall–Kier alpha value is -0.610. The first-order valence-electron chi connectivity index (χ1n) is 5.93. The number of hydrogen-bond acceptors (Lipinski definition) is 3. The summed E-state index contributed by atoms with van der Waals surface area (Å²) in [6.45, 7) is 3.46. The topological polar surface area (TPSA) is 41.5 Å². The molecule has 0 bridgehead atoms. The highest BCUT2D eigenvalue weighted by Crippen LogP contribution is 2.26. The first-order valence-corrected chi connectivity index (χ1v) is 6.31. The van der Waals surface area contributed by atoms with E-state index in [1.54, 1.807) is 6.07 Å². The van der Waals surface area contributed by atoms with Crippen molar-refractivity contribution in [1.82, 2.24) is 5.32 Å². The maximum Gasteiger partial charge on any atom is 0.0820 e. The van der Waals surface area contributed by atoms with Crippen LogP contribution in [-0.2, 0) is 4.74 Å². The number of benzene rings is 1. The van der Waals surface area contributed by atoms with E-state index in [4.69, 9.17) is 16.3 Å². The Labute approximate surface area is 107 Å². The lowest BCUT2D eigenvalue weighted by atomic mass is 10.0. The van der Waals surface area contributed by atoms with Crippen molar-refractivity contribution in [2.75, 3.05) is 13.2 Å². The molecule has 94 valence electrons. The van der Waals surface area contributed by atoms with Gasteiger partial charge in [-0.2, -0.15) is 0 Å². The third-order valence-electron chi connectivity index (χ3n) is 2.98. The van der Waals surface area contributed by atoms with Crippen LogP contribution in [0.2, 0.25) is 5.02 Å². The second-order valence-electron chi connectivity index (χ2n) is 4.58. The van der Waals surface area contributed by atoms with Crippen LogP contribution in [0.1, 0.15) is 25.0 Å². The predicted molar refractivity (Wildman–Crippen MR) is 68.2 cm³/mol. The van der Waals surface area contributed by atoms with E-state index in [0.717, 1.165) is 12.2 Å². The molecule has 0 aliphatic carbocycles. The molecule has 1 aromatic rings. The van der Waals surface area contributed by atoms with Gasteiger partial charge < -0.3 is 15.2 Å². The van der Waals surface area contributed by atoms with E-state index in [2.05, 4.69) is 12.2 Å². The molecule has 3 unspecified atom stereocenters. The second kappa shape index (κ2) is 5.83. The van der Waals surface area contributed by atoms with Gasteiger partial charge in [-0.25, -0.2) is 0 Å². The standard InChI is InChI=1S/C13H18ClNO2/c1-9-7-17-8-10(15-9)6-13(16)11-4-2-3-5-12(11)14/h2-5,9-10,13,15-16H,6-8H2,1H3. The molecule has 1 saturated heterocycles. The van der Waals surface area contributed by atoms with Crippen molar-refractivity contribution in [1.29, 1.82) is 0 Å². The molecule has 1 aromatic carbocycles. The number of aliphatic hydroxyl groups excluding tert-OH is 1. The quantitative estimate of drug-likeness (QED) is 0.870. The molecular weight excluding hydrogens is 238 g/mol. The van der Waals surface area contributed by atoms with Crippen molar-refractivity contribution in [3.8, 4) is 0 Å². The molecule has 2 N–H and O–H groups in total. The van der Waals surface area contributed by atoms with Crippen molar-refractivity contribution < 1.29 is 9.84 Å². The summed E-state index contributed by atoms with van der Waals surface area (Å²) in [6.07, 6.45) is 0.0729. The van der Waals surface area contributed by atoms with Crippen molar-refractivity contribution in [2.24, 2.45) is 0 Å². The summed E-state index contributed by atoms with van der Waals surface area (Å²) < 4.78 is 5.45. The lowest BCUT2D eigenvalue weighted by molar-refractivity contribution is 0.0304. The zero-order valence-corrected chi connectivity index (χ0v) is 10.7. The number of morpholine rings is 1. The van der Waals surface area contributed by atoms with Gasteiger partial charge in [0.25, 0.3) is 0 Å². The van der Waals surface area contributed by atoms with Gasteiger partial charge in [-0.3, -0.25) is 0 Å². The molecule has 3 atom stereocenters. The number of hydrogen-bond donors (Lipinski definition) is 2. The van der Waals surface area contributed by atoms with Crippen LogP contribution in [0.25, 0.3) is 0 Å².